The van der Waals surface area contributed by atoms with Gasteiger partial charge in [0.25, 0.3) is 5.56 Å². The van der Waals surface area contributed by atoms with Crippen LogP contribution in [0.15, 0.2) is 53.5 Å². The van der Waals surface area contributed by atoms with Crippen LogP contribution >= 0.6 is 0 Å². The summed E-state index contributed by atoms with van der Waals surface area (Å²) in [6, 6.07) is 13.2. The van der Waals surface area contributed by atoms with Gasteiger partial charge in [-0.2, -0.15) is 0 Å². The van der Waals surface area contributed by atoms with Gasteiger partial charge in [-0.3, -0.25) is 14.6 Å². The quantitative estimate of drug-likeness (QED) is 0.712. The molecule has 1 aromatic carbocycles. The number of hydrogen-bond acceptors (Lipinski definition) is 5. The maximum absolute atomic E-state index is 13.1. The number of aryl methyl sites for hydroxylation is 1. The second-order valence-electron chi connectivity index (χ2n) is 6.92. The van der Waals surface area contributed by atoms with Crippen molar-refractivity contribution in [2.45, 2.75) is 32.4 Å². The van der Waals surface area contributed by atoms with E-state index in [0.29, 0.717) is 18.9 Å². The van der Waals surface area contributed by atoms with Gasteiger partial charge >= 0.3 is 0 Å². The summed E-state index contributed by atoms with van der Waals surface area (Å²) in [6.45, 7) is 2.40. The van der Waals surface area contributed by atoms with E-state index in [0.717, 1.165) is 42.7 Å². The van der Waals surface area contributed by atoms with Crippen LogP contribution in [-0.2, 0) is 17.9 Å². The molecule has 1 N–H and O–H groups in total. The summed E-state index contributed by atoms with van der Waals surface area (Å²) in [5, 5.41) is 2.86. The Morgan fingerprint density at radius 1 is 1.07 bits per heavy atom. The number of nitrogens with one attached hydrogen (secondary N) is 1. The standard InChI is InChI=1S/C21H23N5O2/c27-19(23-15-16-7-3-4-11-22-16)10-14-26-18-9-2-1-8-17(18)24-20(21(26)28)25-12-5-6-13-25/h1-4,7-9,11H,5-6,10,12-15H2,(H,23,27). The summed E-state index contributed by atoms with van der Waals surface area (Å²) in [5.41, 5.74) is 2.21. The Bertz CT molecular complexity index is 1030. The third-order valence-electron chi connectivity index (χ3n) is 5.00. The highest BCUT2D eigenvalue weighted by Crippen LogP contribution is 2.18. The summed E-state index contributed by atoms with van der Waals surface area (Å²) in [7, 11) is 0. The lowest BCUT2D eigenvalue weighted by atomic mass is 10.2. The minimum atomic E-state index is -0.127. The maximum Gasteiger partial charge on any atom is 0.294 e. The highest BCUT2D eigenvalue weighted by molar-refractivity contribution is 5.78. The Hall–Kier alpha value is -3.22. The number of anilines is 1. The number of fused-ring (bicyclic) bond motifs is 1. The first-order chi connectivity index (χ1) is 13.7. The highest BCUT2D eigenvalue weighted by atomic mass is 16.2. The molecule has 0 aliphatic carbocycles. The number of hydrogen-bond donors (Lipinski definition) is 1. The summed E-state index contributed by atoms with van der Waals surface area (Å²) < 4.78 is 1.68. The van der Waals surface area contributed by atoms with E-state index in [4.69, 9.17) is 0 Å². The average molecular weight is 377 g/mol. The Morgan fingerprint density at radius 2 is 1.86 bits per heavy atom. The summed E-state index contributed by atoms with van der Waals surface area (Å²) in [5.74, 6) is 0.381. The number of amides is 1. The van der Waals surface area contributed by atoms with Gasteiger partial charge in [0.1, 0.15) is 0 Å². The van der Waals surface area contributed by atoms with Crippen LogP contribution in [0.1, 0.15) is 25.0 Å². The van der Waals surface area contributed by atoms with Gasteiger partial charge in [0.2, 0.25) is 5.91 Å². The number of carbonyl (C=O) groups excluding carboxylic acids is 1. The zero-order chi connectivity index (χ0) is 19.3. The molecule has 1 fully saturated rings. The fourth-order valence-corrected chi connectivity index (χ4v) is 3.53. The number of benzene rings is 1. The van der Waals surface area contributed by atoms with E-state index in [2.05, 4.69) is 15.3 Å². The molecule has 4 rings (SSSR count). The molecule has 0 atom stereocenters. The number of pyridine rings is 1. The lowest BCUT2D eigenvalue weighted by molar-refractivity contribution is -0.121. The zero-order valence-electron chi connectivity index (χ0n) is 15.7. The number of aromatic nitrogens is 3. The van der Waals surface area contributed by atoms with Gasteiger partial charge in [-0.05, 0) is 37.1 Å². The lowest BCUT2D eigenvalue weighted by Gasteiger charge is -2.19. The zero-order valence-corrected chi connectivity index (χ0v) is 15.7. The van der Waals surface area contributed by atoms with Gasteiger partial charge in [0, 0.05) is 32.3 Å². The van der Waals surface area contributed by atoms with E-state index in [1.165, 1.54) is 0 Å². The number of nitrogens with zero attached hydrogens (tertiary/aromatic N) is 4. The van der Waals surface area contributed by atoms with Crippen molar-refractivity contribution in [3.05, 3.63) is 64.7 Å². The third-order valence-corrected chi connectivity index (χ3v) is 5.00. The number of rotatable bonds is 6. The second kappa shape index (κ2) is 8.21. The molecule has 7 heteroatoms. The van der Waals surface area contributed by atoms with E-state index >= 15 is 0 Å². The normalized spacial score (nSPS) is 13.8. The molecule has 1 amide bonds. The Kier molecular flexibility index (Phi) is 5.32. The van der Waals surface area contributed by atoms with Gasteiger partial charge in [-0.1, -0.05) is 18.2 Å². The van der Waals surface area contributed by atoms with E-state index in [1.807, 2.05) is 47.4 Å². The largest absolute Gasteiger partial charge is 0.352 e. The molecule has 0 bridgehead atoms. The van der Waals surface area contributed by atoms with Crippen molar-refractivity contribution in [3.63, 3.8) is 0 Å². The second-order valence-corrected chi connectivity index (χ2v) is 6.92. The Balaban J connectivity index is 1.53. The maximum atomic E-state index is 13.1. The number of para-hydroxylation sites is 2. The molecule has 1 saturated heterocycles. The van der Waals surface area contributed by atoms with Gasteiger partial charge in [0.05, 0.1) is 23.3 Å². The molecule has 1 aliphatic heterocycles. The molecule has 0 spiro atoms. The first-order valence-corrected chi connectivity index (χ1v) is 9.63. The average Bonchev–Trinajstić information content (AvgIpc) is 3.26. The van der Waals surface area contributed by atoms with Gasteiger partial charge in [-0.15, -0.1) is 0 Å². The van der Waals surface area contributed by atoms with E-state index in [9.17, 15) is 9.59 Å². The van der Waals surface area contributed by atoms with Crippen molar-refractivity contribution in [2.75, 3.05) is 18.0 Å². The monoisotopic (exact) mass is 377 g/mol. The summed E-state index contributed by atoms with van der Waals surface area (Å²) >= 11 is 0. The van der Waals surface area contributed by atoms with Crippen LogP contribution in [0.25, 0.3) is 11.0 Å². The minimum Gasteiger partial charge on any atom is -0.352 e. The van der Waals surface area contributed by atoms with Crippen molar-refractivity contribution in [1.29, 1.82) is 0 Å². The molecule has 3 heterocycles. The molecule has 2 aromatic heterocycles. The molecule has 7 nitrogen and oxygen atoms in total. The van der Waals surface area contributed by atoms with Crippen molar-refractivity contribution in [3.8, 4) is 0 Å². The van der Waals surface area contributed by atoms with Crippen molar-refractivity contribution in [1.82, 2.24) is 19.9 Å². The van der Waals surface area contributed by atoms with Crippen LogP contribution in [0.4, 0.5) is 5.82 Å². The molecule has 0 radical (unpaired) electrons. The lowest BCUT2D eigenvalue weighted by Crippen LogP contribution is -2.33. The summed E-state index contributed by atoms with van der Waals surface area (Å²) in [6.07, 6.45) is 4.07. The fourth-order valence-electron chi connectivity index (χ4n) is 3.53. The molecule has 0 unspecified atom stereocenters. The smallest absolute Gasteiger partial charge is 0.294 e. The van der Waals surface area contributed by atoms with Gasteiger partial charge in [-0.25, -0.2) is 4.98 Å². The van der Waals surface area contributed by atoms with Crippen molar-refractivity contribution < 1.29 is 4.79 Å². The van der Waals surface area contributed by atoms with Crippen LogP contribution in [0.3, 0.4) is 0 Å². The van der Waals surface area contributed by atoms with E-state index < -0.39 is 0 Å². The van der Waals surface area contributed by atoms with E-state index in [-0.39, 0.29) is 17.9 Å². The molecule has 144 valence electrons. The molecule has 0 saturated carbocycles. The topological polar surface area (TPSA) is 80.1 Å². The first kappa shape index (κ1) is 18.2. The van der Waals surface area contributed by atoms with Crippen LogP contribution in [0.2, 0.25) is 0 Å². The predicted molar refractivity (Wildman–Crippen MR) is 108 cm³/mol. The molecular weight excluding hydrogens is 354 g/mol. The Morgan fingerprint density at radius 3 is 2.64 bits per heavy atom. The van der Waals surface area contributed by atoms with Crippen molar-refractivity contribution in [2.24, 2.45) is 0 Å². The molecular formula is C21H23N5O2. The molecule has 28 heavy (non-hydrogen) atoms. The minimum absolute atomic E-state index is 0.110. The highest BCUT2D eigenvalue weighted by Gasteiger charge is 2.20. The fraction of sp³-hybridized carbons (Fsp3) is 0.333. The van der Waals surface area contributed by atoms with E-state index in [1.54, 1.807) is 10.8 Å². The van der Waals surface area contributed by atoms with Crippen LogP contribution in [0, 0.1) is 0 Å². The molecule has 1 aliphatic rings. The number of carbonyl (C=O) groups is 1. The van der Waals surface area contributed by atoms with Crippen LogP contribution < -0.4 is 15.8 Å². The van der Waals surface area contributed by atoms with Gasteiger partial charge < -0.3 is 14.8 Å². The summed E-state index contributed by atoms with van der Waals surface area (Å²) in [4.78, 5) is 36.2. The van der Waals surface area contributed by atoms with Gasteiger partial charge in [0.15, 0.2) is 5.82 Å². The third kappa shape index (κ3) is 3.88. The molecule has 3 aromatic rings. The van der Waals surface area contributed by atoms with Crippen molar-refractivity contribution >= 4 is 22.8 Å². The predicted octanol–water partition coefficient (Wildman–Crippen LogP) is 2.10. The van der Waals surface area contributed by atoms with Crippen LogP contribution in [0.5, 0.6) is 0 Å². The Labute approximate surface area is 163 Å². The van der Waals surface area contributed by atoms with Crippen LogP contribution in [-0.4, -0.2) is 33.5 Å². The SMILES string of the molecule is O=C(CCn1c(=O)c(N2CCCC2)nc2ccccc21)NCc1ccccn1. The first-order valence-electron chi connectivity index (χ1n) is 9.63.